The van der Waals surface area contributed by atoms with Crippen LogP contribution in [0.25, 0.3) is 0 Å². The van der Waals surface area contributed by atoms with E-state index in [-0.39, 0.29) is 12.1 Å². The lowest BCUT2D eigenvalue weighted by atomic mass is 9.82. The van der Waals surface area contributed by atoms with Crippen LogP contribution >= 0.6 is 11.8 Å². The van der Waals surface area contributed by atoms with Gasteiger partial charge >= 0.3 is 0 Å². The maximum Gasteiger partial charge on any atom is 0.191 e. The molecule has 1 aliphatic rings. The summed E-state index contributed by atoms with van der Waals surface area (Å²) in [6.45, 7) is 2.17. The van der Waals surface area contributed by atoms with Gasteiger partial charge in [0.15, 0.2) is 5.16 Å². The molecular weight excluding hydrogens is 248 g/mol. The first-order chi connectivity index (χ1) is 8.60. The van der Waals surface area contributed by atoms with Crippen molar-refractivity contribution in [2.24, 2.45) is 7.05 Å². The fraction of sp³-hybridized carbons (Fsp3) is 0.833. The number of rotatable bonds is 4. The van der Waals surface area contributed by atoms with Crippen LogP contribution in [0, 0.1) is 6.92 Å². The van der Waals surface area contributed by atoms with Crippen LogP contribution in [0.3, 0.4) is 0 Å². The molecule has 18 heavy (non-hydrogen) atoms. The topological polar surface area (TPSA) is 63.0 Å². The monoisotopic (exact) mass is 270 g/mol. The summed E-state index contributed by atoms with van der Waals surface area (Å²) in [6.07, 6.45) is 4.36. The van der Waals surface area contributed by atoms with Crippen LogP contribution < -0.4 is 5.32 Å². The Morgan fingerprint density at radius 3 is 2.89 bits per heavy atom. The van der Waals surface area contributed by atoms with E-state index in [0.29, 0.717) is 5.25 Å². The van der Waals surface area contributed by atoms with E-state index in [0.717, 1.165) is 30.2 Å². The van der Waals surface area contributed by atoms with E-state index in [4.69, 9.17) is 0 Å². The molecule has 2 N–H and O–H groups in total. The molecular formula is C12H22N4OS. The summed E-state index contributed by atoms with van der Waals surface area (Å²) in [5, 5.41) is 22.6. The minimum absolute atomic E-state index is 0.108. The molecule has 0 aromatic carbocycles. The fourth-order valence-electron chi connectivity index (χ4n) is 2.50. The van der Waals surface area contributed by atoms with Crippen LogP contribution in [0.15, 0.2) is 5.16 Å². The van der Waals surface area contributed by atoms with Gasteiger partial charge in [-0.15, -0.1) is 10.2 Å². The Morgan fingerprint density at radius 1 is 1.56 bits per heavy atom. The minimum Gasteiger partial charge on any atom is -0.394 e. The minimum atomic E-state index is -0.108. The Balaban J connectivity index is 2.04. The molecule has 1 heterocycles. The molecule has 1 aromatic heterocycles. The molecule has 1 saturated carbocycles. The molecule has 0 amide bonds. The van der Waals surface area contributed by atoms with Crippen LogP contribution in [0.5, 0.6) is 0 Å². The first kappa shape index (κ1) is 13.8. The van der Waals surface area contributed by atoms with Gasteiger partial charge in [-0.2, -0.15) is 0 Å². The zero-order valence-electron chi connectivity index (χ0n) is 11.3. The lowest BCUT2D eigenvalue weighted by Crippen LogP contribution is -2.50. The van der Waals surface area contributed by atoms with Crippen LogP contribution in [0.2, 0.25) is 0 Å². The van der Waals surface area contributed by atoms with Crippen LogP contribution in [0.4, 0.5) is 0 Å². The van der Waals surface area contributed by atoms with Gasteiger partial charge in [-0.05, 0) is 33.2 Å². The van der Waals surface area contributed by atoms with Crippen molar-refractivity contribution in [3.63, 3.8) is 0 Å². The van der Waals surface area contributed by atoms with Gasteiger partial charge in [0.2, 0.25) is 0 Å². The summed E-state index contributed by atoms with van der Waals surface area (Å²) in [6, 6.07) is 0. The molecule has 1 aromatic rings. The highest BCUT2D eigenvalue weighted by molar-refractivity contribution is 7.99. The van der Waals surface area contributed by atoms with Crippen molar-refractivity contribution >= 4 is 11.8 Å². The predicted molar refractivity (Wildman–Crippen MR) is 72.7 cm³/mol. The van der Waals surface area contributed by atoms with E-state index < -0.39 is 0 Å². The van der Waals surface area contributed by atoms with Gasteiger partial charge in [-0.3, -0.25) is 0 Å². The molecule has 1 aliphatic carbocycles. The second-order valence-corrected chi connectivity index (χ2v) is 6.38. The highest BCUT2D eigenvalue weighted by atomic mass is 32.2. The summed E-state index contributed by atoms with van der Waals surface area (Å²) in [4.78, 5) is 0. The molecule has 1 fully saturated rings. The number of aromatic nitrogens is 3. The first-order valence-corrected chi connectivity index (χ1v) is 7.30. The number of aliphatic hydroxyl groups excluding tert-OH is 1. The number of nitrogens with zero attached hydrogens (tertiary/aromatic N) is 3. The third kappa shape index (κ3) is 2.70. The van der Waals surface area contributed by atoms with Crippen molar-refractivity contribution in [2.45, 2.75) is 48.6 Å². The quantitative estimate of drug-likeness (QED) is 0.858. The van der Waals surface area contributed by atoms with E-state index in [2.05, 4.69) is 15.5 Å². The third-order valence-electron chi connectivity index (χ3n) is 3.96. The van der Waals surface area contributed by atoms with Crippen LogP contribution in [0.1, 0.15) is 31.5 Å². The van der Waals surface area contributed by atoms with E-state index >= 15 is 0 Å². The van der Waals surface area contributed by atoms with Crippen molar-refractivity contribution in [3.05, 3.63) is 5.82 Å². The zero-order valence-corrected chi connectivity index (χ0v) is 12.1. The summed E-state index contributed by atoms with van der Waals surface area (Å²) in [7, 11) is 3.94. The molecule has 2 atom stereocenters. The number of aliphatic hydroxyl groups is 1. The number of hydrogen-bond acceptors (Lipinski definition) is 5. The smallest absolute Gasteiger partial charge is 0.191 e. The standard InChI is InChI=1S/C12H22N4OS/c1-9-14-15-11(16(9)3)18-10-5-4-6-12(7-10,8-17)13-2/h10,13,17H,4-8H2,1-3H3. The van der Waals surface area contributed by atoms with E-state index in [1.165, 1.54) is 6.42 Å². The number of nitrogens with one attached hydrogen (secondary N) is 1. The van der Waals surface area contributed by atoms with Gasteiger partial charge in [-0.25, -0.2) is 0 Å². The summed E-state index contributed by atoms with van der Waals surface area (Å²) in [5.41, 5.74) is -0.108. The van der Waals surface area contributed by atoms with Crippen LogP contribution in [-0.4, -0.2) is 44.3 Å². The summed E-state index contributed by atoms with van der Waals surface area (Å²) >= 11 is 1.78. The van der Waals surface area contributed by atoms with Gasteiger partial charge in [-0.1, -0.05) is 18.2 Å². The molecule has 6 heteroatoms. The average Bonchev–Trinajstić information content (AvgIpc) is 2.71. The number of thioether (sulfide) groups is 1. The lowest BCUT2D eigenvalue weighted by Gasteiger charge is -2.39. The van der Waals surface area contributed by atoms with E-state index in [1.54, 1.807) is 11.8 Å². The Morgan fingerprint density at radius 2 is 2.33 bits per heavy atom. The Labute approximate surface area is 112 Å². The maximum absolute atomic E-state index is 9.58. The second-order valence-electron chi connectivity index (χ2n) is 5.11. The largest absolute Gasteiger partial charge is 0.394 e. The Hall–Kier alpha value is -0.590. The van der Waals surface area contributed by atoms with Gasteiger partial charge in [0, 0.05) is 17.8 Å². The normalized spacial score (nSPS) is 28.6. The number of likely N-dealkylation sites (N-methyl/N-ethyl adjacent to an activating group) is 1. The first-order valence-electron chi connectivity index (χ1n) is 6.42. The average molecular weight is 270 g/mol. The van der Waals surface area contributed by atoms with Crippen molar-refractivity contribution in [1.82, 2.24) is 20.1 Å². The zero-order chi connectivity index (χ0) is 13.2. The van der Waals surface area contributed by atoms with Crippen molar-refractivity contribution in [1.29, 1.82) is 0 Å². The van der Waals surface area contributed by atoms with Crippen molar-refractivity contribution < 1.29 is 5.11 Å². The molecule has 0 bridgehead atoms. The maximum atomic E-state index is 9.58. The predicted octanol–water partition coefficient (Wildman–Crippen LogP) is 1.11. The molecule has 5 nitrogen and oxygen atoms in total. The SMILES string of the molecule is CNC1(CO)CCCC(Sc2nnc(C)n2C)C1. The van der Waals surface area contributed by atoms with Crippen molar-refractivity contribution in [3.8, 4) is 0 Å². The molecule has 2 rings (SSSR count). The van der Waals surface area contributed by atoms with Gasteiger partial charge in [0.05, 0.1) is 6.61 Å². The second kappa shape index (κ2) is 5.59. The molecule has 102 valence electrons. The Bertz CT molecular complexity index is 403. The summed E-state index contributed by atoms with van der Waals surface area (Å²) in [5.74, 6) is 0.940. The van der Waals surface area contributed by atoms with Gasteiger partial charge < -0.3 is 15.0 Å². The fourth-order valence-corrected chi connectivity index (χ4v) is 3.86. The summed E-state index contributed by atoms with van der Waals surface area (Å²) < 4.78 is 2.03. The molecule has 0 radical (unpaired) electrons. The van der Waals surface area contributed by atoms with Crippen molar-refractivity contribution in [2.75, 3.05) is 13.7 Å². The number of aryl methyl sites for hydroxylation is 1. The van der Waals surface area contributed by atoms with Gasteiger partial charge in [0.1, 0.15) is 5.82 Å². The van der Waals surface area contributed by atoms with Crippen LogP contribution in [-0.2, 0) is 7.05 Å². The Kier molecular flexibility index (Phi) is 4.29. The molecule has 2 unspecified atom stereocenters. The lowest BCUT2D eigenvalue weighted by molar-refractivity contribution is 0.131. The number of hydrogen-bond donors (Lipinski definition) is 2. The molecule has 0 aliphatic heterocycles. The van der Waals surface area contributed by atoms with E-state index in [1.807, 2.05) is 25.6 Å². The van der Waals surface area contributed by atoms with Gasteiger partial charge in [0.25, 0.3) is 0 Å². The third-order valence-corrected chi connectivity index (χ3v) is 5.26. The molecule has 0 saturated heterocycles. The van der Waals surface area contributed by atoms with E-state index in [9.17, 15) is 5.11 Å². The highest BCUT2D eigenvalue weighted by Gasteiger charge is 2.35. The molecule has 0 spiro atoms. The highest BCUT2D eigenvalue weighted by Crippen LogP contribution is 2.37.